The standard InChI is InChI=1S/C19H20N4O2/c1-11(2)10-23-12(3)7-15-17(19(23)24)16(13-5-4-6-22-9-13)14(8-20)18(21)25-15/h4-7,9,11,16H,10,21H2,1-3H3/t16-/m1/s1. The number of nitriles is 1. The molecule has 0 saturated heterocycles. The Kier molecular flexibility index (Phi) is 4.32. The maximum atomic E-state index is 13.2. The van der Waals surface area contributed by atoms with Gasteiger partial charge in [-0.15, -0.1) is 0 Å². The van der Waals surface area contributed by atoms with Gasteiger partial charge in [-0.2, -0.15) is 5.26 Å². The van der Waals surface area contributed by atoms with E-state index in [0.29, 0.717) is 23.8 Å². The minimum atomic E-state index is -0.575. The largest absolute Gasteiger partial charge is 0.440 e. The molecule has 0 radical (unpaired) electrons. The third-order valence-electron chi connectivity index (χ3n) is 4.26. The van der Waals surface area contributed by atoms with Gasteiger partial charge in [0.05, 0.1) is 11.5 Å². The number of pyridine rings is 2. The van der Waals surface area contributed by atoms with Gasteiger partial charge in [-0.25, -0.2) is 0 Å². The molecule has 0 bridgehead atoms. The molecule has 0 aliphatic carbocycles. The quantitative estimate of drug-likeness (QED) is 0.929. The molecule has 0 unspecified atom stereocenters. The van der Waals surface area contributed by atoms with Crippen molar-refractivity contribution in [2.75, 3.05) is 0 Å². The lowest BCUT2D eigenvalue weighted by Crippen LogP contribution is -2.33. The first-order valence-electron chi connectivity index (χ1n) is 8.15. The summed E-state index contributed by atoms with van der Waals surface area (Å²) in [6.07, 6.45) is 3.30. The van der Waals surface area contributed by atoms with Crippen molar-refractivity contribution in [3.8, 4) is 11.8 Å². The molecule has 2 aromatic rings. The minimum absolute atomic E-state index is 0.0317. The van der Waals surface area contributed by atoms with Crippen LogP contribution in [0.4, 0.5) is 0 Å². The van der Waals surface area contributed by atoms with E-state index in [2.05, 4.69) is 24.9 Å². The average Bonchev–Trinajstić information content (AvgIpc) is 2.58. The molecule has 1 atom stereocenters. The van der Waals surface area contributed by atoms with Crippen molar-refractivity contribution in [3.05, 3.63) is 69.2 Å². The average molecular weight is 336 g/mol. The van der Waals surface area contributed by atoms with E-state index < -0.39 is 5.92 Å². The SMILES string of the molecule is Cc1cc2c(c(=O)n1CC(C)C)[C@H](c1cccnc1)C(C#N)=C(N)O2. The minimum Gasteiger partial charge on any atom is -0.440 e. The van der Waals surface area contributed by atoms with E-state index in [1.54, 1.807) is 23.0 Å². The van der Waals surface area contributed by atoms with E-state index in [1.807, 2.05) is 19.1 Å². The zero-order valence-electron chi connectivity index (χ0n) is 14.5. The highest BCUT2D eigenvalue weighted by Crippen LogP contribution is 2.40. The molecular formula is C19H20N4O2. The number of nitrogens with two attached hydrogens (primary N) is 1. The van der Waals surface area contributed by atoms with Gasteiger partial charge >= 0.3 is 0 Å². The van der Waals surface area contributed by atoms with Crippen molar-refractivity contribution in [2.45, 2.75) is 33.2 Å². The Morgan fingerprint density at radius 1 is 1.48 bits per heavy atom. The first-order valence-corrected chi connectivity index (χ1v) is 8.15. The van der Waals surface area contributed by atoms with Gasteiger partial charge in [-0.3, -0.25) is 9.78 Å². The van der Waals surface area contributed by atoms with Crippen molar-refractivity contribution >= 4 is 0 Å². The van der Waals surface area contributed by atoms with Crippen LogP contribution in [0.1, 0.15) is 36.6 Å². The fourth-order valence-corrected chi connectivity index (χ4v) is 3.16. The maximum absolute atomic E-state index is 13.2. The number of hydrogen-bond donors (Lipinski definition) is 1. The van der Waals surface area contributed by atoms with E-state index in [4.69, 9.17) is 10.5 Å². The van der Waals surface area contributed by atoms with Crippen LogP contribution >= 0.6 is 0 Å². The molecule has 1 aliphatic heterocycles. The first-order chi connectivity index (χ1) is 11.9. The number of allylic oxidation sites excluding steroid dienone is 1. The Labute approximate surface area is 146 Å². The van der Waals surface area contributed by atoms with Gasteiger partial charge < -0.3 is 15.0 Å². The highest BCUT2D eigenvalue weighted by molar-refractivity contribution is 5.54. The topological polar surface area (TPSA) is 93.9 Å². The summed E-state index contributed by atoms with van der Waals surface area (Å²) in [5, 5.41) is 9.58. The van der Waals surface area contributed by atoms with E-state index >= 15 is 0 Å². The van der Waals surface area contributed by atoms with Gasteiger partial charge in [0.15, 0.2) is 0 Å². The molecule has 3 heterocycles. The summed E-state index contributed by atoms with van der Waals surface area (Å²) >= 11 is 0. The van der Waals surface area contributed by atoms with E-state index in [1.165, 1.54) is 0 Å². The van der Waals surface area contributed by atoms with Crippen LogP contribution in [0.5, 0.6) is 5.75 Å². The molecule has 3 rings (SSSR count). The Morgan fingerprint density at radius 2 is 2.24 bits per heavy atom. The molecular weight excluding hydrogens is 316 g/mol. The zero-order chi connectivity index (χ0) is 18.1. The van der Waals surface area contributed by atoms with Crippen LogP contribution in [0.2, 0.25) is 0 Å². The van der Waals surface area contributed by atoms with Crippen molar-refractivity contribution in [2.24, 2.45) is 11.7 Å². The van der Waals surface area contributed by atoms with Crippen molar-refractivity contribution in [1.82, 2.24) is 9.55 Å². The molecule has 2 N–H and O–H groups in total. The molecule has 25 heavy (non-hydrogen) atoms. The summed E-state index contributed by atoms with van der Waals surface area (Å²) < 4.78 is 7.34. The number of ether oxygens (including phenoxy) is 1. The smallest absolute Gasteiger partial charge is 0.258 e. The van der Waals surface area contributed by atoms with E-state index in [9.17, 15) is 10.1 Å². The lowest BCUT2D eigenvalue weighted by molar-refractivity contribution is 0.386. The van der Waals surface area contributed by atoms with Crippen molar-refractivity contribution < 1.29 is 4.74 Å². The van der Waals surface area contributed by atoms with Gasteiger partial charge in [-0.1, -0.05) is 19.9 Å². The van der Waals surface area contributed by atoms with Crippen LogP contribution in [0, 0.1) is 24.2 Å². The number of hydrogen-bond acceptors (Lipinski definition) is 5. The zero-order valence-corrected chi connectivity index (χ0v) is 14.5. The van der Waals surface area contributed by atoms with Gasteiger partial charge in [-0.05, 0) is 24.5 Å². The predicted octanol–water partition coefficient (Wildman–Crippen LogP) is 2.43. The number of fused-ring (bicyclic) bond motifs is 1. The Balaban J connectivity index is 2.30. The number of aryl methyl sites for hydroxylation is 1. The Morgan fingerprint density at radius 3 is 2.84 bits per heavy atom. The fraction of sp³-hybridized carbons (Fsp3) is 0.316. The molecule has 0 saturated carbocycles. The third kappa shape index (κ3) is 2.89. The molecule has 128 valence electrons. The summed E-state index contributed by atoms with van der Waals surface area (Å²) in [7, 11) is 0. The van der Waals surface area contributed by atoms with Crippen LogP contribution in [0.15, 0.2) is 46.8 Å². The second-order valence-corrected chi connectivity index (χ2v) is 6.58. The van der Waals surface area contributed by atoms with Gasteiger partial charge in [0.25, 0.3) is 5.56 Å². The van der Waals surface area contributed by atoms with Gasteiger partial charge in [0.2, 0.25) is 5.88 Å². The highest BCUT2D eigenvalue weighted by atomic mass is 16.5. The monoisotopic (exact) mass is 336 g/mol. The molecule has 2 aromatic heterocycles. The van der Waals surface area contributed by atoms with Crippen LogP contribution in [0.3, 0.4) is 0 Å². The summed E-state index contributed by atoms with van der Waals surface area (Å²) in [5.74, 6) is 0.179. The third-order valence-corrected chi connectivity index (χ3v) is 4.26. The molecule has 1 aliphatic rings. The number of rotatable bonds is 3. The Bertz CT molecular complexity index is 936. The van der Waals surface area contributed by atoms with E-state index in [0.717, 1.165) is 11.3 Å². The normalized spacial score (nSPS) is 16.4. The lowest BCUT2D eigenvalue weighted by Gasteiger charge is -2.27. The fourth-order valence-electron chi connectivity index (χ4n) is 3.16. The highest BCUT2D eigenvalue weighted by Gasteiger charge is 2.34. The Hall–Kier alpha value is -3.07. The summed E-state index contributed by atoms with van der Waals surface area (Å²) in [4.78, 5) is 17.3. The summed E-state index contributed by atoms with van der Waals surface area (Å²) in [5.41, 5.74) is 8.01. The first kappa shape index (κ1) is 16.8. The van der Waals surface area contributed by atoms with Crippen molar-refractivity contribution in [1.29, 1.82) is 5.26 Å². The molecule has 0 aromatic carbocycles. The number of nitrogens with zero attached hydrogens (tertiary/aromatic N) is 3. The van der Waals surface area contributed by atoms with E-state index in [-0.39, 0.29) is 17.0 Å². The number of aromatic nitrogens is 2. The lowest BCUT2D eigenvalue weighted by atomic mass is 9.84. The molecule has 6 nitrogen and oxygen atoms in total. The van der Waals surface area contributed by atoms with Crippen LogP contribution in [-0.4, -0.2) is 9.55 Å². The van der Waals surface area contributed by atoms with Gasteiger partial charge in [0.1, 0.15) is 17.4 Å². The molecule has 6 heteroatoms. The van der Waals surface area contributed by atoms with Crippen molar-refractivity contribution in [3.63, 3.8) is 0 Å². The molecule has 0 fully saturated rings. The predicted molar refractivity (Wildman–Crippen MR) is 93.8 cm³/mol. The second-order valence-electron chi connectivity index (χ2n) is 6.58. The molecule has 0 spiro atoms. The van der Waals surface area contributed by atoms with Crippen LogP contribution in [-0.2, 0) is 6.54 Å². The summed E-state index contributed by atoms with van der Waals surface area (Å²) in [6, 6.07) is 7.52. The van der Waals surface area contributed by atoms with Gasteiger partial charge in [0, 0.05) is 30.7 Å². The van der Waals surface area contributed by atoms with Crippen LogP contribution < -0.4 is 16.0 Å². The molecule has 0 amide bonds. The van der Waals surface area contributed by atoms with Crippen LogP contribution in [0.25, 0.3) is 0 Å². The summed E-state index contributed by atoms with van der Waals surface area (Å²) in [6.45, 7) is 6.57. The maximum Gasteiger partial charge on any atom is 0.258 e. The second kappa shape index (κ2) is 6.44.